The zero-order valence-electron chi connectivity index (χ0n) is 17.5. The van der Waals surface area contributed by atoms with Gasteiger partial charge in [-0.2, -0.15) is 0 Å². The lowest BCUT2D eigenvalue weighted by Crippen LogP contribution is -2.18. The molecule has 2 aromatic heterocycles. The van der Waals surface area contributed by atoms with Crippen LogP contribution in [0.3, 0.4) is 0 Å². The molecule has 8 heteroatoms. The highest BCUT2D eigenvalue weighted by Crippen LogP contribution is 2.34. The van der Waals surface area contributed by atoms with Crippen LogP contribution in [0.25, 0.3) is 22.2 Å². The van der Waals surface area contributed by atoms with Crippen LogP contribution in [0.2, 0.25) is 0 Å². The van der Waals surface area contributed by atoms with Crippen LogP contribution in [0.5, 0.6) is 0 Å². The molecule has 0 saturated heterocycles. The van der Waals surface area contributed by atoms with E-state index in [-0.39, 0.29) is 16.4 Å². The predicted octanol–water partition coefficient (Wildman–Crippen LogP) is 3.66. The van der Waals surface area contributed by atoms with Crippen LogP contribution in [0.1, 0.15) is 19.4 Å². The average molecular weight is 436 g/mol. The molecular formula is C23H25N5O2S. The first-order chi connectivity index (χ1) is 14.9. The first-order valence-electron chi connectivity index (χ1n) is 10.1. The lowest BCUT2D eigenvalue weighted by Gasteiger charge is -2.08. The summed E-state index contributed by atoms with van der Waals surface area (Å²) < 4.78 is 27.8. The van der Waals surface area contributed by atoms with Crippen molar-refractivity contribution in [2.24, 2.45) is 5.92 Å². The first kappa shape index (κ1) is 21.0. The molecule has 7 nitrogen and oxygen atoms in total. The van der Waals surface area contributed by atoms with Crippen LogP contribution in [0.15, 0.2) is 72.0 Å². The fourth-order valence-electron chi connectivity index (χ4n) is 3.47. The Morgan fingerprint density at radius 2 is 1.74 bits per heavy atom. The van der Waals surface area contributed by atoms with Crippen LogP contribution in [0.4, 0.5) is 5.82 Å². The second-order valence-corrected chi connectivity index (χ2v) is 9.65. The molecule has 0 aliphatic carbocycles. The van der Waals surface area contributed by atoms with Crippen molar-refractivity contribution in [3.63, 3.8) is 0 Å². The van der Waals surface area contributed by atoms with Gasteiger partial charge in [0.15, 0.2) is 5.65 Å². The Hall–Kier alpha value is -3.23. The van der Waals surface area contributed by atoms with Crippen molar-refractivity contribution in [1.82, 2.24) is 19.3 Å². The van der Waals surface area contributed by atoms with Crippen LogP contribution in [0, 0.1) is 5.92 Å². The molecule has 160 valence electrons. The number of rotatable bonds is 7. The summed E-state index contributed by atoms with van der Waals surface area (Å²) in [7, 11) is -3.84. The Bertz CT molecular complexity index is 1300. The quantitative estimate of drug-likeness (QED) is 0.459. The molecule has 2 aromatic carbocycles. The van der Waals surface area contributed by atoms with Gasteiger partial charge >= 0.3 is 0 Å². The lowest BCUT2D eigenvalue weighted by atomic mass is 10.0. The smallest absolute Gasteiger partial charge is 0.269 e. The highest BCUT2D eigenvalue weighted by atomic mass is 32.2. The summed E-state index contributed by atoms with van der Waals surface area (Å²) in [6, 6.07) is 16.3. The van der Waals surface area contributed by atoms with E-state index < -0.39 is 10.0 Å². The fourth-order valence-corrected chi connectivity index (χ4v) is 4.81. The third-order valence-corrected chi connectivity index (χ3v) is 6.69. The molecule has 0 unspecified atom stereocenters. The molecule has 0 radical (unpaired) electrons. The average Bonchev–Trinajstić information content (AvgIpc) is 3.16. The number of hydrogen-bond acceptors (Lipinski definition) is 6. The van der Waals surface area contributed by atoms with Crippen LogP contribution in [-0.4, -0.2) is 28.9 Å². The van der Waals surface area contributed by atoms with Crippen molar-refractivity contribution >= 4 is 26.9 Å². The molecule has 31 heavy (non-hydrogen) atoms. The summed E-state index contributed by atoms with van der Waals surface area (Å²) >= 11 is 0. The molecule has 4 rings (SSSR count). The third kappa shape index (κ3) is 4.17. The summed E-state index contributed by atoms with van der Waals surface area (Å²) in [6.07, 6.45) is 2.85. The number of anilines is 1. The topological polar surface area (TPSA) is 103 Å². The molecule has 3 N–H and O–H groups in total. The number of benzene rings is 2. The number of hydrogen-bond donors (Lipinski definition) is 2. The third-order valence-electron chi connectivity index (χ3n) is 5.03. The van der Waals surface area contributed by atoms with E-state index in [4.69, 9.17) is 5.73 Å². The zero-order valence-corrected chi connectivity index (χ0v) is 18.3. The van der Waals surface area contributed by atoms with Crippen LogP contribution in [-0.2, 0) is 16.6 Å². The van der Waals surface area contributed by atoms with Crippen molar-refractivity contribution in [2.45, 2.75) is 25.3 Å². The van der Waals surface area contributed by atoms with E-state index in [1.807, 2.05) is 24.3 Å². The van der Waals surface area contributed by atoms with Crippen molar-refractivity contribution in [1.29, 1.82) is 0 Å². The van der Waals surface area contributed by atoms with E-state index >= 15 is 0 Å². The molecule has 0 spiro atoms. The van der Waals surface area contributed by atoms with Gasteiger partial charge in [0.2, 0.25) is 0 Å². The van der Waals surface area contributed by atoms with E-state index in [9.17, 15) is 8.42 Å². The molecule has 2 heterocycles. The molecule has 0 atom stereocenters. The summed E-state index contributed by atoms with van der Waals surface area (Å²) in [5.41, 5.74) is 9.07. The summed E-state index contributed by atoms with van der Waals surface area (Å²) in [5.74, 6) is 0.824. The highest BCUT2D eigenvalue weighted by molar-refractivity contribution is 7.90. The van der Waals surface area contributed by atoms with E-state index in [0.717, 1.165) is 24.2 Å². The Morgan fingerprint density at radius 1 is 1.03 bits per heavy atom. The number of fused-ring (bicyclic) bond motifs is 1. The van der Waals surface area contributed by atoms with Gasteiger partial charge in [0.05, 0.1) is 10.3 Å². The number of nitrogens with zero attached hydrogens (tertiary/aromatic N) is 3. The molecule has 4 aromatic rings. The normalized spacial score (nSPS) is 12.0. The van der Waals surface area contributed by atoms with Gasteiger partial charge in [-0.05, 0) is 35.7 Å². The molecule has 0 bridgehead atoms. The molecule has 0 fully saturated rings. The van der Waals surface area contributed by atoms with Gasteiger partial charge in [-0.25, -0.2) is 22.4 Å². The maximum absolute atomic E-state index is 13.3. The van der Waals surface area contributed by atoms with E-state index in [0.29, 0.717) is 16.9 Å². The predicted molar refractivity (Wildman–Crippen MR) is 123 cm³/mol. The largest absolute Gasteiger partial charge is 0.383 e. The summed E-state index contributed by atoms with van der Waals surface area (Å²) in [6.45, 7) is 6.05. The minimum Gasteiger partial charge on any atom is -0.383 e. The first-order valence-corrected chi connectivity index (χ1v) is 11.5. The van der Waals surface area contributed by atoms with Gasteiger partial charge in [0.25, 0.3) is 10.0 Å². The van der Waals surface area contributed by atoms with Gasteiger partial charge in [-0.15, -0.1) is 0 Å². The van der Waals surface area contributed by atoms with E-state index in [2.05, 4.69) is 29.1 Å². The Balaban J connectivity index is 1.78. The van der Waals surface area contributed by atoms with Crippen molar-refractivity contribution < 1.29 is 8.42 Å². The van der Waals surface area contributed by atoms with Crippen molar-refractivity contribution in [2.75, 3.05) is 12.3 Å². The maximum atomic E-state index is 13.3. The molecule has 0 amide bonds. The maximum Gasteiger partial charge on any atom is 0.269 e. The second-order valence-electron chi connectivity index (χ2n) is 7.84. The van der Waals surface area contributed by atoms with Gasteiger partial charge < -0.3 is 11.1 Å². The van der Waals surface area contributed by atoms with Gasteiger partial charge in [-0.1, -0.05) is 56.3 Å². The van der Waals surface area contributed by atoms with Gasteiger partial charge in [0, 0.05) is 18.3 Å². The van der Waals surface area contributed by atoms with Crippen LogP contribution >= 0.6 is 0 Å². The molecule has 0 aliphatic rings. The lowest BCUT2D eigenvalue weighted by molar-refractivity contribution is 0.552. The number of nitrogens with two attached hydrogens (primary N) is 1. The Morgan fingerprint density at radius 3 is 2.42 bits per heavy atom. The summed E-state index contributed by atoms with van der Waals surface area (Å²) in [4.78, 5) is 8.50. The number of nitrogen functional groups attached to an aromatic ring is 1. The standard InChI is InChI=1S/C23H25N5O2S/c1-16(2)12-25-13-17-8-10-18(11-9-17)20-14-28(23-21(20)22(24)26-15-27-23)31(29,30)19-6-4-3-5-7-19/h3-11,14-16,25H,12-13H2,1-2H3,(H2,24,26,27). The number of nitrogens with one attached hydrogen (secondary N) is 1. The highest BCUT2D eigenvalue weighted by Gasteiger charge is 2.24. The van der Waals surface area contributed by atoms with Crippen molar-refractivity contribution in [3.8, 4) is 11.1 Å². The van der Waals surface area contributed by atoms with E-state index in [1.165, 1.54) is 10.3 Å². The summed E-state index contributed by atoms with van der Waals surface area (Å²) in [5, 5.41) is 3.94. The van der Waals surface area contributed by atoms with Gasteiger partial charge in [0.1, 0.15) is 12.1 Å². The van der Waals surface area contributed by atoms with E-state index in [1.54, 1.807) is 36.5 Å². The second kappa shape index (κ2) is 8.49. The monoisotopic (exact) mass is 435 g/mol. The number of aromatic nitrogens is 3. The fraction of sp³-hybridized carbons (Fsp3) is 0.217. The Kier molecular flexibility index (Phi) is 5.75. The molecule has 0 aliphatic heterocycles. The minimum absolute atomic E-state index is 0.183. The van der Waals surface area contributed by atoms with Crippen molar-refractivity contribution in [3.05, 3.63) is 72.7 Å². The van der Waals surface area contributed by atoms with Crippen LogP contribution < -0.4 is 11.1 Å². The minimum atomic E-state index is -3.84. The van der Waals surface area contributed by atoms with Gasteiger partial charge in [-0.3, -0.25) is 0 Å². The zero-order chi connectivity index (χ0) is 22.0. The molecule has 0 saturated carbocycles. The Labute approximate surface area is 182 Å². The SMILES string of the molecule is CC(C)CNCc1ccc(-c2cn(S(=O)(=O)c3ccccc3)c3ncnc(N)c23)cc1. The molecular weight excluding hydrogens is 410 g/mol.